The average molecular weight is 277 g/mol. The minimum atomic E-state index is 0.167. The van der Waals surface area contributed by atoms with Crippen molar-refractivity contribution >= 4 is 0 Å². The summed E-state index contributed by atoms with van der Waals surface area (Å²) in [6.45, 7) is 16.5. The van der Waals surface area contributed by atoms with E-state index >= 15 is 0 Å². The normalized spacial score (nSPS) is 12.6. The van der Waals surface area contributed by atoms with Gasteiger partial charge >= 0.3 is 0 Å². The second-order valence-corrected chi connectivity index (χ2v) is 7.45. The Kier molecular flexibility index (Phi) is 5.26. The van der Waals surface area contributed by atoms with Gasteiger partial charge in [0.25, 0.3) is 0 Å². The topological polar surface area (TPSA) is 21.3 Å². The van der Waals surface area contributed by atoms with Crippen molar-refractivity contribution in [2.24, 2.45) is 0 Å². The Labute approximate surface area is 124 Å². The van der Waals surface area contributed by atoms with E-state index in [0.29, 0.717) is 0 Å². The van der Waals surface area contributed by atoms with Gasteiger partial charge in [-0.15, -0.1) is 0 Å². The first-order chi connectivity index (χ1) is 9.07. The molecule has 0 aliphatic carbocycles. The summed E-state index contributed by atoms with van der Waals surface area (Å²) in [7, 11) is 1.74. The highest BCUT2D eigenvalue weighted by Crippen LogP contribution is 2.33. The Hall–Kier alpha value is -1.02. The summed E-state index contributed by atoms with van der Waals surface area (Å²) in [6, 6.07) is 4.53. The van der Waals surface area contributed by atoms with Crippen LogP contribution in [0.3, 0.4) is 0 Å². The Bertz CT molecular complexity index is 432. The van der Waals surface area contributed by atoms with E-state index in [2.05, 4.69) is 65.9 Å². The number of hydrogen-bond donors (Lipinski definition) is 1. The molecule has 0 heterocycles. The molecule has 20 heavy (non-hydrogen) atoms. The van der Waals surface area contributed by atoms with E-state index in [9.17, 15) is 0 Å². The molecule has 1 aromatic carbocycles. The highest BCUT2D eigenvalue weighted by Gasteiger charge is 2.23. The van der Waals surface area contributed by atoms with E-state index in [1.807, 2.05) is 0 Å². The molecule has 2 heteroatoms. The molecule has 0 fully saturated rings. The van der Waals surface area contributed by atoms with E-state index < -0.39 is 0 Å². The SMILES string of the molecule is COc1c(C)cc(C(C)(C)CCNC(C)(C)C)cc1C. The standard InChI is InChI=1S/C18H31NO/c1-13-11-15(12-14(2)16(13)20-8)18(6,7)9-10-19-17(3,4)5/h11-12,19H,9-10H2,1-8H3. The molecule has 0 aliphatic heterocycles. The maximum atomic E-state index is 5.46. The summed E-state index contributed by atoms with van der Waals surface area (Å²) in [5, 5.41) is 3.57. The molecule has 1 aromatic rings. The van der Waals surface area contributed by atoms with Gasteiger partial charge in [-0.2, -0.15) is 0 Å². The molecule has 114 valence electrons. The van der Waals surface area contributed by atoms with Crippen LogP contribution in [0.2, 0.25) is 0 Å². The van der Waals surface area contributed by atoms with Crippen molar-refractivity contribution in [2.45, 2.75) is 65.8 Å². The van der Waals surface area contributed by atoms with Crippen LogP contribution in [0.25, 0.3) is 0 Å². The molecule has 2 nitrogen and oxygen atoms in total. The lowest BCUT2D eigenvalue weighted by atomic mass is 9.80. The molecule has 0 saturated heterocycles. The Morgan fingerprint density at radius 1 is 1.00 bits per heavy atom. The van der Waals surface area contributed by atoms with Crippen LogP contribution in [0.1, 0.15) is 57.7 Å². The van der Waals surface area contributed by atoms with E-state index in [1.54, 1.807) is 7.11 Å². The van der Waals surface area contributed by atoms with Gasteiger partial charge in [-0.05, 0) is 69.7 Å². The summed E-state index contributed by atoms with van der Waals surface area (Å²) < 4.78 is 5.46. The predicted molar refractivity (Wildman–Crippen MR) is 87.9 cm³/mol. The fourth-order valence-corrected chi connectivity index (χ4v) is 2.56. The second-order valence-electron chi connectivity index (χ2n) is 7.45. The van der Waals surface area contributed by atoms with Crippen LogP contribution in [0.4, 0.5) is 0 Å². The number of hydrogen-bond acceptors (Lipinski definition) is 2. The zero-order chi connectivity index (χ0) is 15.6. The first kappa shape index (κ1) is 17.0. The van der Waals surface area contributed by atoms with Gasteiger partial charge in [0.15, 0.2) is 0 Å². The van der Waals surface area contributed by atoms with Crippen molar-refractivity contribution in [2.75, 3.05) is 13.7 Å². The van der Waals surface area contributed by atoms with Crippen LogP contribution in [0, 0.1) is 13.8 Å². The molecule has 0 bridgehead atoms. The molecule has 1 N–H and O–H groups in total. The van der Waals surface area contributed by atoms with Crippen molar-refractivity contribution in [1.82, 2.24) is 5.32 Å². The lowest BCUT2D eigenvalue weighted by Gasteiger charge is -2.29. The van der Waals surface area contributed by atoms with Gasteiger partial charge < -0.3 is 10.1 Å². The van der Waals surface area contributed by atoms with Crippen LogP contribution in [0.5, 0.6) is 5.75 Å². The quantitative estimate of drug-likeness (QED) is 0.863. The Balaban J connectivity index is 2.87. The van der Waals surface area contributed by atoms with E-state index in [-0.39, 0.29) is 11.0 Å². The van der Waals surface area contributed by atoms with Gasteiger partial charge in [0.1, 0.15) is 5.75 Å². The summed E-state index contributed by atoms with van der Waals surface area (Å²) >= 11 is 0. The molecule has 0 radical (unpaired) electrons. The second kappa shape index (κ2) is 6.17. The molecule has 1 rings (SSSR count). The number of ether oxygens (including phenoxy) is 1. The first-order valence-corrected chi connectivity index (χ1v) is 7.47. The monoisotopic (exact) mass is 277 g/mol. The number of benzene rings is 1. The van der Waals surface area contributed by atoms with Crippen LogP contribution < -0.4 is 10.1 Å². The van der Waals surface area contributed by atoms with Gasteiger partial charge in [-0.1, -0.05) is 26.0 Å². The largest absolute Gasteiger partial charge is 0.496 e. The zero-order valence-electron chi connectivity index (χ0n) is 14.5. The molecule has 0 spiro atoms. The van der Waals surface area contributed by atoms with Crippen molar-refractivity contribution in [3.8, 4) is 5.75 Å². The Morgan fingerprint density at radius 2 is 1.50 bits per heavy atom. The van der Waals surface area contributed by atoms with Crippen LogP contribution >= 0.6 is 0 Å². The van der Waals surface area contributed by atoms with Crippen LogP contribution in [-0.4, -0.2) is 19.2 Å². The fourth-order valence-electron chi connectivity index (χ4n) is 2.56. The highest BCUT2D eigenvalue weighted by atomic mass is 16.5. The number of aryl methyl sites for hydroxylation is 2. The molecule has 0 aromatic heterocycles. The predicted octanol–water partition coefficient (Wildman–Crippen LogP) is 4.37. The first-order valence-electron chi connectivity index (χ1n) is 7.47. The van der Waals surface area contributed by atoms with E-state index in [0.717, 1.165) is 18.7 Å². The maximum absolute atomic E-state index is 5.46. The minimum Gasteiger partial charge on any atom is -0.496 e. The molecule has 0 aliphatic rings. The van der Waals surface area contributed by atoms with Gasteiger partial charge in [0, 0.05) is 5.54 Å². The zero-order valence-corrected chi connectivity index (χ0v) is 14.5. The van der Waals surface area contributed by atoms with Crippen molar-refractivity contribution in [3.05, 3.63) is 28.8 Å². The van der Waals surface area contributed by atoms with Crippen molar-refractivity contribution in [3.63, 3.8) is 0 Å². The minimum absolute atomic E-state index is 0.167. The summed E-state index contributed by atoms with van der Waals surface area (Å²) in [4.78, 5) is 0. The third kappa shape index (κ3) is 4.52. The average Bonchev–Trinajstić information content (AvgIpc) is 2.26. The summed E-state index contributed by atoms with van der Waals surface area (Å²) in [5.41, 5.74) is 4.18. The molecular formula is C18H31NO. The van der Waals surface area contributed by atoms with E-state index in [4.69, 9.17) is 4.74 Å². The van der Waals surface area contributed by atoms with Gasteiger partial charge in [-0.25, -0.2) is 0 Å². The van der Waals surface area contributed by atoms with Crippen LogP contribution in [-0.2, 0) is 5.41 Å². The number of rotatable bonds is 5. The highest BCUT2D eigenvalue weighted by molar-refractivity contribution is 5.45. The summed E-state index contributed by atoms with van der Waals surface area (Å²) in [5.74, 6) is 1.01. The maximum Gasteiger partial charge on any atom is 0.124 e. The smallest absolute Gasteiger partial charge is 0.124 e. The third-order valence-corrected chi connectivity index (χ3v) is 3.85. The van der Waals surface area contributed by atoms with Gasteiger partial charge in [-0.3, -0.25) is 0 Å². The number of nitrogens with one attached hydrogen (secondary N) is 1. The van der Waals surface area contributed by atoms with Crippen molar-refractivity contribution < 1.29 is 4.74 Å². The third-order valence-electron chi connectivity index (χ3n) is 3.85. The van der Waals surface area contributed by atoms with Gasteiger partial charge in [0.2, 0.25) is 0 Å². The molecular weight excluding hydrogens is 246 g/mol. The van der Waals surface area contributed by atoms with Crippen LogP contribution in [0.15, 0.2) is 12.1 Å². The molecule has 0 atom stereocenters. The molecule has 0 saturated carbocycles. The number of methoxy groups -OCH3 is 1. The summed E-state index contributed by atoms with van der Waals surface area (Å²) in [6.07, 6.45) is 1.12. The lowest BCUT2D eigenvalue weighted by Crippen LogP contribution is -2.38. The van der Waals surface area contributed by atoms with Crippen molar-refractivity contribution in [1.29, 1.82) is 0 Å². The Morgan fingerprint density at radius 3 is 1.90 bits per heavy atom. The van der Waals surface area contributed by atoms with Gasteiger partial charge in [0.05, 0.1) is 7.11 Å². The molecule has 0 amide bonds. The molecule has 0 unspecified atom stereocenters. The lowest BCUT2D eigenvalue weighted by molar-refractivity contribution is 0.378. The fraction of sp³-hybridized carbons (Fsp3) is 0.667. The van der Waals surface area contributed by atoms with E-state index in [1.165, 1.54) is 16.7 Å².